The van der Waals surface area contributed by atoms with E-state index >= 15 is 0 Å². The maximum Gasteiger partial charge on any atom is 0.356 e. The lowest BCUT2D eigenvalue weighted by Gasteiger charge is -2.20. The van der Waals surface area contributed by atoms with Crippen LogP contribution in [0.15, 0.2) is 53.7 Å². The van der Waals surface area contributed by atoms with Gasteiger partial charge >= 0.3 is 11.9 Å². The summed E-state index contributed by atoms with van der Waals surface area (Å²) in [6, 6.07) is 13.5. The number of esters is 2. The molecule has 0 saturated carbocycles. The Morgan fingerprint density at radius 2 is 1.69 bits per heavy atom. The average Bonchev–Trinajstić information content (AvgIpc) is 3.00. The number of aryl methyl sites for hydroxylation is 2. The molecule has 2 aromatic carbocycles. The molecule has 0 aliphatic carbocycles. The zero-order valence-electron chi connectivity index (χ0n) is 17.8. The number of carbonyl (C=O) groups is 2. The molecule has 0 fully saturated rings. The lowest BCUT2D eigenvalue weighted by atomic mass is 9.86. The fourth-order valence-corrected chi connectivity index (χ4v) is 3.26. The molecule has 0 radical (unpaired) electrons. The van der Waals surface area contributed by atoms with Crippen LogP contribution in [0.4, 0.5) is 5.69 Å². The van der Waals surface area contributed by atoms with Gasteiger partial charge in [0, 0.05) is 5.69 Å². The second-order valence-electron chi connectivity index (χ2n) is 8.36. The molecule has 152 valence electrons. The summed E-state index contributed by atoms with van der Waals surface area (Å²) in [7, 11) is 1.30. The largest absolute Gasteiger partial charge is 0.465 e. The van der Waals surface area contributed by atoms with Crippen molar-refractivity contribution in [1.82, 2.24) is 0 Å². The molecule has 1 heterocycles. The number of hydrogen-bond acceptors (Lipinski definition) is 5. The van der Waals surface area contributed by atoms with Crippen molar-refractivity contribution >= 4 is 17.6 Å². The molecule has 0 bridgehead atoms. The highest BCUT2D eigenvalue weighted by Gasteiger charge is 2.40. The van der Waals surface area contributed by atoms with E-state index in [2.05, 4.69) is 26.1 Å². The van der Waals surface area contributed by atoms with Gasteiger partial charge in [-0.3, -0.25) is 0 Å². The molecule has 1 unspecified atom stereocenters. The Hall–Kier alpha value is -3.08. The maximum atomic E-state index is 12.6. The summed E-state index contributed by atoms with van der Waals surface area (Å²) in [6.07, 6.45) is -0.807. The molecular weight excluding hydrogens is 366 g/mol. The molecular formula is C24H27NO4. The third kappa shape index (κ3) is 4.19. The molecule has 0 spiro atoms. The van der Waals surface area contributed by atoms with Gasteiger partial charge in [0.1, 0.15) is 11.3 Å². The van der Waals surface area contributed by atoms with Crippen molar-refractivity contribution < 1.29 is 19.1 Å². The van der Waals surface area contributed by atoms with E-state index in [4.69, 9.17) is 9.47 Å². The Morgan fingerprint density at radius 1 is 1.03 bits per heavy atom. The van der Waals surface area contributed by atoms with Crippen molar-refractivity contribution in [2.45, 2.75) is 46.1 Å². The Kier molecular flexibility index (Phi) is 5.51. The van der Waals surface area contributed by atoms with E-state index in [1.165, 1.54) is 7.11 Å². The maximum absolute atomic E-state index is 12.6. The van der Waals surface area contributed by atoms with Crippen LogP contribution in [0.2, 0.25) is 0 Å². The second kappa shape index (κ2) is 7.74. The van der Waals surface area contributed by atoms with E-state index in [0.717, 1.165) is 22.3 Å². The minimum atomic E-state index is -0.807. The number of cyclic esters (lactones) is 1. The SMILES string of the molecule is COC(=O)C1=C(Nc2ccc(C)c(C)c2)C(=O)OC1c1ccc(C(C)(C)C)cc1. The summed E-state index contributed by atoms with van der Waals surface area (Å²) < 4.78 is 10.5. The predicted molar refractivity (Wildman–Crippen MR) is 113 cm³/mol. The monoisotopic (exact) mass is 393 g/mol. The van der Waals surface area contributed by atoms with Gasteiger partial charge in [0.2, 0.25) is 0 Å². The van der Waals surface area contributed by atoms with Crippen LogP contribution in [0.5, 0.6) is 0 Å². The summed E-state index contributed by atoms with van der Waals surface area (Å²) in [4.78, 5) is 25.2. The van der Waals surface area contributed by atoms with Crippen molar-refractivity contribution in [3.63, 3.8) is 0 Å². The molecule has 2 aromatic rings. The number of benzene rings is 2. The predicted octanol–water partition coefficient (Wildman–Crippen LogP) is 4.74. The first-order valence-electron chi connectivity index (χ1n) is 9.60. The van der Waals surface area contributed by atoms with Crippen LogP contribution in [0, 0.1) is 13.8 Å². The smallest absolute Gasteiger partial charge is 0.356 e. The molecule has 3 rings (SSSR count). The van der Waals surface area contributed by atoms with Gasteiger partial charge in [0.15, 0.2) is 6.10 Å². The minimum Gasteiger partial charge on any atom is -0.465 e. The fraction of sp³-hybridized carbons (Fsp3) is 0.333. The van der Waals surface area contributed by atoms with Crippen molar-refractivity contribution in [2.75, 3.05) is 12.4 Å². The molecule has 1 N–H and O–H groups in total. The first-order valence-corrected chi connectivity index (χ1v) is 9.60. The van der Waals surface area contributed by atoms with Crippen molar-refractivity contribution in [2.24, 2.45) is 0 Å². The zero-order chi connectivity index (χ0) is 21.3. The van der Waals surface area contributed by atoms with Crippen LogP contribution >= 0.6 is 0 Å². The summed E-state index contributed by atoms with van der Waals surface area (Å²) in [5.41, 5.74) is 5.11. The van der Waals surface area contributed by atoms with Gasteiger partial charge in [-0.2, -0.15) is 0 Å². The Balaban J connectivity index is 2.01. The highest BCUT2D eigenvalue weighted by molar-refractivity contribution is 6.06. The number of hydrogen-bond donors (Lipinski definition) is 1. The summed E-state index contributed by atoms with van der Waals surface area (Å²) in [5, 5.41) is 3.06. The topological polar surface area (TPSA) is 64.6 Å². The molecule has 1 aliphatic heterocycles. The lowest BCUT2D eigenvalue weighted by Crippen LogP contribution is -2.15. The normalized spacial score (nSPS) is 16.6. The number of ether oxygens (including phenoxy) is 2. The molecule has 29 heavy (non-hydrogen) atoms. The van der Waals surface area contributed by atoms with Crippen LogP contribution < -0.4 is 5.32 Å². The number of methoxy groups -OCH3 is 1. The Morgan fingerprint density at radius 3 is 2.24 bits per heavy atom. The number of anilines is 1. The first kappa shape index (κ1) is 20.6. The fourth-order valence-electron chi connectivity index (χ4n) is 3.26. The first-order chi connectivity index (χ1) is 13.6. The molecule has 1 aliphatic rings. The van der Waals surface area contributed by atoms with Crippen LogP contribution in [0.1, 0.15) is 49.1 Å². The summed E-state index contributed by atoms with van der Waals surface area (Å²) >= 11 is 0. The number of rotatable bonds is 4. The molecule has 5 nitrogen and oxygen atoms in total. The average molecular weight is 393 g/mol. The van der Waals surface area contributed by atoms with E-state index in [1.54, 1.807) is 0 Å². The van der Waals surface area contributed by atoms with Crippen LogP contribution in [-0.4, -0.2) is 19.0 Å². The van der Waals surface area contributed by atoms with Gasteiger partial charge in [-0.1, -0.05) is 51.1 Å². The molecule has 0 aromatic heterocycles. The van der Waals surface area contributed by atoms with E-state index in [-0.39, 0.29) is 16.7 Å². The van der Waals surface area contributed by atoms with Gasteiger partial charge in [-0.15, -0.1) is 0 Å². The number of carbonyl (C=O) groups excluding carboxylic acids is 2. The zero-order valence-corrected chi connectivity index (χ0v) is 17.8. The van der Waals surface area contributed by atoms with E-state index in [9.17, 15) is 9.59 Å². The van der Waals surface area contributed by atoms with Gasteiger partial charge < -0.3 is 14.8 Å². The number of nitrogens with one attached hydrogen (secondary N) is 1. The van der Waals surface area contributed by atoms with Gasteiger partial charge in [-0.05, 0) is 53.6 Å². The van der Waals surface area contributed by atoms with Crippen LogP contribution in [0.3, 0.4) is 0 Å². The summed E-state index contributed by atoms with van der Waals surface area (Å²) in [5.74, 6) is -1.17. The highest BCUT2D eigenvalue weighted by Crippen LogP contribution is 2.37. The van der Waals surface area contributed by atoms with Gasteiger partial charge in [0.05, 0.1) is 7.11 Å². The standard InChI is InChI=1S/C24H27NO4/c1-14-7-12-18(13-15(14)2)25-20-19(22(26)28-6)21(29-23(20)27)16-8-10-17(11-9-16)24(3,4)5/h7-13,21,25H,1-6H3. The van der Waals surface area contributed by atoms with E-state index in [1.807, 2.05) is 56.3 Å². The molecule has 1 atom stereocenters. The Labute approximate surface area is 171 Å². The molecule has 5 heteroatoms. The van der Waals surface area contributed by atoms with Crippen molar-refractivity contribution in [3.05, 3.63) is 76.0 Å². The molecule has 0 saturated heterocycles. The van der Waals surface area contributed by atoms with Crippen molar-refractivity contribution in [1.29, 1.82) is 0 Å². The lowest BCUT2D eigenvalue weighted by molar-refractivity contribution is -0.141. The third-order valence-corrected chi connectivity index (χ3v) is 5.22. The van der Waals surface area contributed by atoms with Crippen LogP contribution in [0.25, 0.3) is 0 Å². The van der Waals surface area contributed by atoms with E-state index < -0.39 is 18.0 Å². The van der Waals surface area contributed by atoms with Crippen molar-refractivity contribution in [3.8, 4) is 0 Å². The quantitative estimate of drug-likeness (QED) is 0.760. The highest BCUT2D eigenvalue weighted by atomic mass is 16.6. The van der Waals surface area contributed by atoms with Gasteiger partial charge in [-0.25, -0.2) is 9.59 Å². The molecule has 0 amide bonds. The van der Waals surface area contributed by atoms with Crippen LogP contribution in [-0.2, 0) is 24.5 Å². The third-order valence-electron chi connectivity index (χ3n) is 5.22. The van der Waals surface area contributed by atoms with E-state index in [0.29, 0.717) is 5.69 Å². The second-order valence-corrected chi connectivity index (χ2v) is 8.36. The summed E-state index contributed by atoms with van der Waals surface area (Å²) in [6.45, 7) is 10.4. The Bertz CT molecular complexity index is 981. The minimum absolute atomic E-state index is 0.00190. The van der Waals surface area contributed by atoms with Gasteiger partial charge in [0.25, 0.3) is 0 Å².